The van der Waals surface area contributed by atoms with Crippen LogP contribution in [-0.2, 0) is 4.79 Å². The van der Waals surface area contributed by atoms with Crippen LogP contribution in [0.25, 0.3) is 22.4 Å². The Balaban J connectivity index is 1.89. The number of carbonyl (C=O) groups is 1. The number of hydrogen-bond acceptors (Lipinski definition) is 4. The standard InChI is InChI=1S/C21H24BrN3O3/c1-5-25(6-2)19(26)12-28-20-15(22)10-14(11-18(20)27-4)21-23-16-8-7-13(3)9-17(16)24-21/h7-11H,5-6,12H2,1-4H3,(H,23,24). The van der Waals surface area contributed by atoms with Gasteiger partial charge in [-0.1, -0.05) is 6.07 Å². The van der Waals surface area contributed by atoms with Crippen molar-refractivity contribution in [2.24, 2.45) is 0 Å². The number of amides is 1. The molecule has 3 aromatic rings. The van der Waals surface area contributed by atoms with Gasteiger partial charge in [-0.15, -0.1) is 0 Å². The number of H-pyrrole nitrogens is 1. The molecule has 148 valence electrons. The highest BCUT2D eigenvalue weighted by molar-refractivity contribution is 9.10. The summed E-state index contributed by atoms with van der Waals surface area (Å²) in [7, 11) is 1.58. The number of likely N-dealkylation sites (N-methyl/N-ethyl adjacent to an activating group) is 1. The van der Waals surface area contributed by atoms with Crippen LogP contribution in [0, 0.1) is 6.92 Å². The van der Waals surface area contributed by atoms with E-state index in [2.05, 4.69) is 32.0 Å². The van der Waals surface area contributed by atoms with Crippen LogP contribution in [0.3, 0.4) is 0 Å². The van der Waals surface area contributed by atoms with Crippen LogP contribution in [0.2, 0.25) is 0 Å². The first kappa shape index (κ1) is 20.2. The summed E-state index contributed by atoms with van der Waals surface area (Å²) in [6.45, 7) is 7.21. The quantitative estimate of drug-likeness (QED) is 0.578. The Morgan fingerprint density at radius 3 is 2.64 bits per heavy atom. The van der Waals surface area contributed by atoms with Crippen molar-refractivity contribution >= 4 is 32.9 Å². The summed E-state index contributed by atoms with van der Waals surface area (Å²) < 4.78 is 12.0. The van der Waals surface area contributed by atoms with Crippen molar-refractivity contribution < 1.29 is 14.3 Å². The minimum atomic E-state index is -0.0596. The number of nitrogens with one attached hydrogen (secondary N) is 1. The molecule has 3 rings (SSSR count). The number of halogens is 1. The minimum Gasteiger partial charge on any atom is -0.493 e. The second-order valence-electron chi connectivity index (χ2n) is 6.45. The van der Waals surface area contributed by atoms with E-state index in [1.165, 1.54) is 5.56 Å². The fraction of sp³-hybridized carbons (Fsp3) is 0.333. The molecule has 28 heavy (non-hydrogen) atoms. The molecule has 1 amide bonds. The van der Waals surface area contributed by atoms with Crippen LogP contribution < -0.4 is 9.47 Å². The van der Waals surface area contributed by atoms with Crippen molar-refractivity contribution in [1.29, 1.82) is 0 Å². The Bertz CT molecular complexity index is 996. The van der Waals surface area contributed by atoms with Crippen molar-refractivity contribution in [2.75, 3.05) is 26.8 Å². The van der Waals surface area contributed by atoms with Gasteiger partial charge in [0.25, 0.3) is 5.91 Å². The van der Waals surface area contributed by atoms with Gasteiger partial charge in [0.1, 0.15) is 5.82 Å². The van der Waals surface area contributed by atoms with E-state index in [-0.39, 0.29) is 12.5 Å². The molecule has 0 aliphatic rings. The molecule has 0 bridgehead atoms. The second-order valence-corrected chi connectivity index (χ2v) is 7.30. The van der Waals surface area contributed by atoms with E-state index in [0.29, 0.717) is 29.1 Å². The van der Waals surface area contributed by atoms with Gasteiger partial charge in [-0.05, 0) is 66.5 Å². The first-order chi connectivity index (χ1) is 13.5. The molecule has 7 heteroatoms. The first-order valence-electron chi connectivity index (χ1n) is 9.21. The SMILES string of the molecule is CCN(CC)C(=O)COc1c(Br)cc(-c2nc3ccc(C)cc3[nH]2)cc1OC. The molecule has 1 aromatic heterocycles. The maximum Gasteiger partial charge on any atom is 0.260 e. The topological polar surface area (TPSA) is 67.5 Å². The average Bonchev–Trinajstić information content (AvgIpc) is 3.10. The van der Waals surface area contributed by atoms with Crippen LogP contribution >= 0.6 is 15.9 Å². The van der Waals surface area contributed by atoms with Crippen LogP contribution in [0.15, 0.2) is 34.8 Å². The zero-order valence-corrected chi connectivity index (χ0v) is 18.1. The third kappa shape index (κ3) is 4.14. The van der Waals surface area contributed by atoms with Crippen LogP contribution in [0.1, 0.15) is 19.4 Å². The number of hydrogen-bond donors (Lipinski definition) is 1. The number of methoxy groups -OCH3 is 1. The predicted molar refractivity (Wildman–Crippen MR) is 114 cm³/mol. The fourth-order valence-corrected chi connectivity index (χ4v) is 3.61. The minimum absolute atomic E-state index is 0.0418. The Morgan fingerprint density at radius 1 is 1.21 bits per heavy atom. The smallest absolute Gasteiger partial charge is 0.260 e. The zero-order chi connectivity index (χ0) is 20.3. The van der Waals surface area contributed by atoms with Gasteiger partial charge in [0.2, 0.25) is 0 Å². The summed E-state index contributed by atoms with van der Waals surface area (Å²) >= 11 is 3.54. The van der Waals surface area contributed by atoms with Gasteiger partial charge in [0.05, 0.1) is 22.6 Å². The van der Waals surface area contributed by atoms with Crippen molar-refractivity contribution in [1.82, 2.24) is 14.9 Å². The third-order valence-electron chi connectivity index (χ3n) is 4.60. The molecular formula is C21H24BrN3O3. The molecule has 0 fully saturated rings. The van der Waals surface area contributed by atoms with Gasteiger partial charge in [-0.25, -0.2) is 4.98 Å². The summed E-state index contributed by atoms with van der Waals surface area (Å²) in [5.74, 6) is 1.72. The Kier molecular flexibility index (Phi) is 6.24. The van der Waals surface area contributed by atoms with Crippen molar-refractivity contribution in [2.45, 2.75) is 20.8 Å². The largest absolute Gasteiger partial charge is 0.493 e. The summed E-state index contributed by atoms with van der Waals surface area (Å²) in [5.41, 5.74) is 3.92. The molecule has 0 atom stereocenters. The van der Waals surface area contributed by atoms with Crippen molar-refractivity contribution in [3.8, 4) is 22.9 Å². The monoisotopic (exact) mass is 445 g/mol. The lowest BCUT2D eigenvalue weighted by Gasteiger charge is -2.20. The lowest BCUT2D eigenvalue weighted by molar-refractivity contribution is -0.133. The van der Waals surface area contributed by atoms with Crippen LogP contribution in [0.4, 0.5) is 0 Å². The number of aromatic amines is 1. The number of ether oxygens (including phenoxy) is 2. The molecular weight excluding hydrogens is 422 g/mol. The molecule has 0 unspecified atom stereocenters. The molecule has 0 radical (unpaired) electrons. The predicted octanol–water partition coefficient (Wildman–Crippen LogP) is 4.56. The number of rotatable bonds is 7. The molecule has 0 spiro atoms. The van der Waals surface area contributed by atoms with E-state index in [1.807, 2.05) is 45.0 Å². The number of benzene rings is 2. The molecule has 0 saturated carbocycles. The van der Waals surface area contributed by atoms with Crippen LogP contribution in [0.5, 0.6) is 11.5 Å². The molecule has 0 aliphatic carbocycles. The van der Waals surface area contributed by atoms with Gasteiger partial charge in [0, 0.05) is 18.7 Å². The summed E-state index contributed by atoms with van der Waals surface area (Å²) in [6.07, 6.45) is 0. The Morgan fingerprint density at radius 2 is 1.96 bits per heavy atom. The van der Waals surface area contributed by atoms with E-state index in [0.717, 1.165) is 22.4 Å². The van der Waals surface area contributed by atoms with E-state index in [1.54, 1.807) is 12.0 Å². The third-order valence-corrected chi connectivity index (χ3v) is 5.19. The van der Waals surface area contributed by atoms with Crippen molar-refractivity contribution in [3.05, 3.63) is 40.4 Å². The zero-order valence-electron chi connectivity index (χ0n) is 16.5. The number of carbonyl (C=O) groups excluding carboxylic acids is 1. The number of nitrogens with zero attached hydrogens (tertiary/aromatic N) is 2. The maximum absolute atomic E-state index is 12.2. The summed E-state index contributed by atoms with van der Waals surface area (Å²) in [5, 5.41) is 0. The molecule has 6 nitrogen and oxygen atoms in total. The average molecular weight is 446 g/mol. The molecule has 0 aliphatic heterocycles. The van der Waals surface area contributed by atoms with E-state index >= 15 is 0 Å². The first-order valence-corrected chi connectivity index (χ1v) is 10.0. The molecule has 1 N–H and O–H groups in total. The number of fused-ring (bicyclic) bond motifs is 1. The normalized spacial score (nSPS) is 10.9. The van der Waals surface area contributed by atoms with Gasteiger partial charge in [-0.3, -0.25) is 4.79 Å². The van der Waals surface area contributed by atoms with E-state index in [4.69, 9.17) is 9.47 Å². The van der Waals surface area contributed by atoms with Gasteiger partial charge in [-0.2, -0.15) is 0 Å². The second kappa shape index (κ2) is 8.65. The van der Waals surface area contributed by atoms with Crippen LogP contribution in [-0.4, -0.2) is 47.6 Å². The Labute approximate surface area is 173 Å². The highest BCUT2D eigenvalue weighted by atomic mass is 79.9. The number of aryl methyl sites for hydroxylation is 1. The lowest BCUT2D eigenvalue weighted by Crippen LogP contribution is -2.34. The molecule has 1 heterocycles. The van der Waals surface area contributed by atoms with Gasteiger partial charge >= 0.3 is 0 Å². The highest BCUT2D eigenvalue weighted by Gasteiger charge is 2.17. The highest BCUT2D eigenvalue weighted by Crippen LogP contribution is 2.39. The van der Waals surface area contributed by atoms with E-state index < -0.39 is 0 Å². The van der Waals surface area contributed by atoms with Gasteiger partial charge < -0.3 is 19.4 Å². The van der Waals surface area contributed by atoms with Crippen molar-refractivity contribution in [3.63, 3.8) is 0 Å². The lowest BCUT2D eigenvalue weighted by atomic mass is 10.2. The van der Waals surface area contributed by atoms with Gasteiger partial charge in [0.15, 0.2) is 18.1 Å². The maximum atomic E-state index is 12.2. The Hall–Kier alpha value is -2.54. The summed E-state index contributed by atoms with van der Waals surface area (Å²) in [4.78, 5) is 22.0. The molecule has 2 aromatic carbocycles. The fourth-order valence-electron chi connectivity index (χ4n) is 3.06. The number of aromatic nitrogens is 2. The van der Waals surface area contributed by atoms with E-state index in [9.17, 15) is 4.79 Å². The summed E-state index contributed by atoms with van der Waals surface area (Å²) in [6, 6.07) is 9.85. The molecule has 0 saturated heterocycles. The number of imidazole rings is 1.